The van der Waals surface area contributed by atoms with Crippen LogP contribution in [-0.4, -0.2) is 53.2 Å². The van der Waals surface area contributed by atoms with Gasteiger partial charge in [0.1, 0.15) is 17.2 Å². The number of hydrogen-bond donors (Lipinski definition) is 1. The molecule has 1 aromatic carbocycles. The van der Waals surface area contributed by atoms with Crippen LogP contribution in [0.4, 0.5) is 4.79 Å². The van der Waals surface area contributed by atoms with Gasteiger partial charge in [-0.3, -0.25) is 9.59 Å². The Morgan fingerprint density at radius 2 is 1.54 bits per heavy atom. The number of nitrogens with one attached hydrogen (secondary N) is 1. The van der Waals surface area contributed by atoms with Crippen LogP contribution in [0.5, 0.6) is 0 Å². The number of alkyl carbamates (subject to hydrolysis) is 1. The summed E-state index contributed by atoms with van der Waals surface area (Å²) in [5, 5.41) is 2.82. The van der Waals surface area contributed by atoms with Gasteiger partial charge in [-0.2, -0.15) is 0 Å². The van der Waals surface area contributed by atoms with Gasteiger partial charge in [-0.25, -0.2) is 4.79 Å². The highest BCUT2D eigenvalue weighted by Crippen LogP contribution is 2.17. The Morgan fingerprint density at radius 3 is 2.17 bits per heavy atom. The second-order valence-corrected chi connectivity index (χ2v) is 11.4. The number of likely N-dealkylation sites (tertiary alicyclic amines) is 1. The average Bonchev–Trinajstić information content (AvgIpc) is 2.74. The highest BCUT2D eigenvalue weighted by atomic mass is 16.6. The number of piperidine rings is 1. The predicted molar refractivity (Wildman–Crippen MR) is 137 cm³/mol. The third-order valence-electron chi connectivity index (χ3n) is 5.60. The number of hydrogen-bond acceptors (Lipinski definition) is 5. The molecule has 0 spiro atoms. The molecule has 0 bridgehead atoms. The normalized spacial score (nSPS) is 15.3. The lowest BCUT2D eigenvalue weighted by molar-refractivity contribution is -0.154. The summed E-state index contributed by atoms with van der Waals surface area (Å²) in [5.74, 6) is -0.225. The van der Waals surface area contributed by atoms with E-state index in [0.29, 0.717) is 12.8 Å². The number of carbonyl (C=O) groups is 3. The van der Waals surface area contributed by atoms with E-state index >= 15 is 0 Å². The zero-order valence-electron chi connectivity index (χ0n) is 22.4. The van der Waals surface area contributed by atoms with Gasteiger partial charge in [0.2, 0.25) is 5.91 Å². The molecule has 1 N–H and O–H groups in total. The molecule has 0 aromatic heterocycles. The number of unbranched alkanes of at least 4 members (excludes halogenated alkanes) is 1. The van der Waals surface area contributed by atoms with Crippen molar-refractivity contribution in [3.8, 4) is 0 Å². The lowest BCUT2D eigenvalue weighted by Gasteiger charge is -2.31. The van der Waals surface area contributed by atoms with Gasteiger partial charge in [-0.1, -0.05) is 24.3 Å². The first-order chi connectivity index (χ1) is 16.3. The van der Waals surface area contributed by atoms with Crippen molar-refractivity contribution in [1.29, 1.82) is 0 Å². The third-order valence-corrected chi connectivity index (χ3v) is 5.60. The predicted octanol–water partition coefficient (Wildman–Crippen LogP) is 5.19. The maximum Gasteiger partial charge on any atom is 0.408 e. The van der Waals surface area contributed by atoms with Crippen molar-refractivity contribution >= 4 is 18.0 Å². The standard InChI is InChI=1S/C28H44N2O5/c1-27(2,3)34-24(31)16-9-8-13-21-14-12-15-22(19-21)20-23(29-26(33)35-28(4,5)6)25(32)30-17-10-7-11-18-30/h12,14-15,19,23H,7-11,13,16-18,20H2,1-6H3,(H,29,33)/t23-/m0/s1. The number of esters is 1. The second kappa shape index (κ2) is 12.9. The first-order valence-electron chi connectivity index (χ1n) is 12.9. The quantitative estimate of drug-likeness (QED) is 0.382. The molecule has 1 fully saturated rings. The third kappa shape index (κ3) is 11.6. The minimum atomic E-state index is -0.676. The first-order valence-corrected chi connectivity index (χ1v) is 12.9. The van der Waals surface area contributed by atoms with Crippen molar-refractivity contribution in [2.45, 2.75) is 110 Å². The van der Waals surface area contributed by atoms with E-state index in [1.54, 1.807) is 20.8 Å². The van der Waals surface area contributed by atoms with Crippen LogP contribution >= 0.6 is 0 Å². The molecule has 1 aliphatic heterocycles. The lowest BCUT2D eigenvalue weighted by atomic mass is 9.99. The minimum absolute atomic E-state index is 0.0571. The van der Waals surface area contributed by atoms with Crippen LogP contribution in [-0.2, 0) is 31.9 Å². The van der Waals surface area contributed by atoms with Crippen molar-refractivity contribution in [3.63, 3.8) is 0 Å². The molecule has 7 nitrogen and oxygen atoms in total. The van der Waals surface area contributed by atoms with Crippen LogP contribution < -0.4 is 5.32 Å². The smallest absolute Gasteiger partial charge is 0.408 e. The Kier molecular flexibility index (Phi) is 10.6. The van der Waals surface area contributed by atoms with E-state index in [-0.39, 0.29) is 11.9 Å². The van der Waals surface area contributed by atoms with E-state index in [1.807, 2.05) is 37.8 Å². The topological polar surface area (TPSA) is 84.9 Å². The molecule has 0 aliphatic carbocycles. The molecule has 2 amide bonds. The number of aryl methyl sites for hydroxylation is 1. The maximum absolute atomic E-state index is 13.3. The highest BCUT2D eigenvalue weighted by molar-refractivity contribution is 5.86. The summed E-state index contributed by atoms with van der Waals surface area (Å²) >= 11 is 0. The summed E-state index contributed by atoms with van der Waals surface area (Å²) in [6, 6.07) is 7.43. The van der Waals surface area contributed by atoms with Crippen LogP contribution in [0, 0.1) is 0 Å². The van der Waals surface area contributed by atoms with E-state index in [0.717, 1.165) is 62.7 Å². The van der Waals surface area contributed by atoms with Gasteiger partial charge in [0, 0.05) is 25.9 Å². The fourth-order valence-electron chi connectivity index (χ4n) is 4.12. The van der Waals surface area contributed by atoms with Gasteiger partial charge in [-0.15, -0.1) is 0 Å². The number of carbonyl (C=O) groups excluding carboxylic acids is 3. The van der Waals surface area contributed by atoms with Gasteiger partial charge in [0.25, 0.3) is 0 Å². The van der Waals surface area contributed by atoms with E-state index in [1.165, 1.54) is 0 Å². The fraction of sp³-hybridized carbons (Fsp3) is 0.679. The molecule has 1 aliphatic rings. The van der Waals surface area contributed by atoms with E-state index in [2.05, 4.69) is 17.4 Å². The monoisotopic (exact) mass is 488 g/mol. The van der Waals surface area contributed by atoms with Crippen molar-refractivity contribution < 1.29 is 23.9 Å². The van der Waals surface area contributed by atoms with Crippen LogP contribution in [0.2, 0.25) is 0 Å². The van der Waals surface area contributed by atoms with Crippen molar-refractivity contribution in [2.24, 2.45) is 0 Å². The molecule has 35 heavy (non-hydrogen) atoms. The van der Waals surface area contributed by atoms with E-state index in [9.17, 15) is 14.4 Å². The summed E-state index contributed by atoms with van der Waals surface area (Å²) < 4.78 is 10.8. The highest BCUT2D eigenvalue weighted by Gasteiger charge is 2.29. The molecule has 0 unspecified atom stereocenters. The van der Waals surface area contributed by atoms with Crippen LogP contribution in [0.3, 0.4) is 0 Å². The van der Waals surface area contributed by atoms with E-state index < -0.39 is 23.3 Å². The Hall–Kier alpha value is -2.57. The summed E-state index contributed by atoms with van der Waals surface area (Å²) in [4.78, 5) is 39.5. The van der Waals surface area contributed by atoms with Crippen molar-refractivity contribution in [2.75, 3.05) is 13.1 Å². The molecule has 1 saturated heterocycles. The van der Waals surface area contributed by atoms with Gasteiger partial charge >= 0.3 is 12.1 Å². The number of nitrogens with zero attached hydrogens (tertiary/aromatic N) is 1. The molecule has 2 rings (SSSR count). The number of amides is 2. The molecule has 7 heteroatoms. The van der Waals surface area contributed by atoms with Crippen LogP contribution in [0.1, 0.15) is 91.2 Å². The van der Waals surface area contributed by atoms with Gasteiger partial charge in [0.15, 0.2) is 0 Å². The fourth-order valence-corrected chi connectivity index (χ4v) is 4.12. The van der Waals surface area contributed by atoms with Crippen LogP contribution in [0.25, 0.3) is 0 Å². The molecule has 1 aromatic rings. The van der Waals surface area contributed by atoms with Crippen molar-refractivity contribution in [1.82, 2.24) is 10.2 Å². The Balaban J connectivity index is 1.99. The zero-order valence-corrected chi connectivity index (χ0v) is 22.4. The molecule has 0 saturated carbocycles. The minimum Gasteiger partial charge on any atom is -0.460 e. The van der Waals surface area contributed by atoms with Gasteiger partial charge < -0.3 is 19.7 Å². The Morgan fingerprint density at radius 1 is 0.914 bits per heavy atom. The maximum atomic E-state index is 13.3. The average molecular weight is 489 g/mol. The number of rotatable bonds is 9. The summed E-state index contributed by atoms with van der Waals surface area (Å²) in [7, 11) is 0. The number of ether oxygens (including phenoxy) is 2. The molecular formula is C28H44N2O5. The number of benzene rings is 1. The van der Waals surface area contributed by atoms with Crippen molar-refractivity contribution in [3.05, 3.63) is 35.4 Å². The SMILES string of the molecule is CC(C)(C)OC(=O)CCCCc1cccc(C[C@H](NC(=O)OC(C)(C)C)C(=O)N2CCCCC2)c1. The Bertz CT molecular complexity index is 848. The summed E-state index contributed by atoms with van der Waals surface area (Å²) in [6.07, 6.45) is 5.80. The summed E-state index contributed by atoms with van der Waals surface area (Å²) in [5.41, 5.74) is 1.04. The van der Waals surface area contributed by atoms with Crippen LogP contribution in [0.15, 0.2) is 24.3 Å². The molecule has 1 atom stereocenters. The van der Waals surface area contributed by atoms with Gasteiger partial charge in [0.05, 0.1) is 0 Å². The molecule has 0 radical (unpaired) electrons. The summed E-state index contributed by atoms with van der Waals surface area (Å²) in [6.45, 7) is 12.5. The molecule has 196 valence electrons. The van der Waals surface area contributed by atoms with E-state index in [4.69, 9.17) is 9.47 Å². The lowest BCUT2D eigenvalue weighted by Crippen LogP contribution is -2.51. The second-order valence-electron chi connectivity index (χ2n) is 11.4. The molecular weight excluding hydrogens is 444 g/mol. The molecule has 1 heterocycles. The largest absolute Gasteiger partial charge is 0.460 e. The zero-order chi connectivity index (χ0) is 26.1. The first kappa shape index (κ1) is 28.7. The Labute approximate surface area is 210 Å². The van der Waals surface area contributed by atoms with Gasteiger partial charge in [-0.05, 0) is 91.2 Å².